The molecule has 0 saturated heterocycles. The molecule has 162 valence electrons. The predicted octanol–water partition coefficient (Wildman–Crippen LogP) is 4.68. The zero-order valence-corrected chi connectivity index (χ0v) is 18.4. The Morgan fingerprint density at radius 1 is 1.06 bits per heavy atom. The zero-order chi connectivity index (χ0) is 22.3. The average Bonchev–Trinajstić information content (AvgIpc) is 3.51. The van der Waals surface area contributed by atoms with Crippen molar-refractivity contribution in [2.75, 3.05) is 4.90 Å². The lowest BCUT2D eigenvalue weighted by molar-refractivity contribution is -0.126. The molecule has 0 aliphatic carbocycles. The molecule has 0 radical (unpaired) electrons. The Hall–Kier alpha value is -3.71. The van der Waals surface area contributed by atoms with Gasteiger partial charge in [0, 0.05) is 23.0 Å². The molecule has 2 amide bonds. The zero-order valence-electron chi connectivity index (χ0n) is 17.6. The van der Waals surface area contributed by atoms with Crippen LogP contribution in [-0.2, 0) is 22.6 Å². The van der Waals surface area contributed by atoms with Gasteiger partial charge in [0.05, 0.1) is 19.2 Å². The van der Waals surface area contributed by atoms with E-state index in [4.69, 9.17) is 4.42 Å². The second-order valence-corrected chi connectivity index (χ2v) is 8.37. The summed E-state index contributed by atoms with van der Waals surface area (Å²) in [7, 11) is 0. The Morgan fingerprint density at radius 3 is 2.50 bits per heavy atom. The summed E-state index contributed by atoms with van der Waals surface area (Å²) >= 11 is 1.52. The van der Waals surface area contributed by atoms with Crippen LogP contribution in [-0.4, -0.2) is 16.8 Å². The van der Waals surface area contributed by atoms with Crippen LogP contribution >= 0.6 is 11.3 Å². The lowest BCUT2D eigenvalue weighted by Gasteiger charge is -2.31. The molecule has 7 heteroatoms. The Bertz CT molecular complexity index is 1140. The van der Waals surface area contributed by atoms with Crippen LogP contribution in [0.25, 0.3) is 0 Å². The molecule has 1 aromatic carbocycles. The van der Waals surface area contributed by atoms with Crippen LogP contribution in [0.15, 0.2) is 89.1 Å². The quantitative estimate of drug-likeness (QED) is 0.427. The minimum Gasteiger partial charge on any atom is -0.467 e. The van der Waals surface area contributed by atoms with Crippen LogP contribution in [0, 0.1) is 6.92 Å². The first kappa shape index (κ1) is 21.5. The highest BCUT2D eigenvalue weighted by atomic mass is 32.1. The molecule has 32 heavy (non-hydrogen) atoms. The van der Waals surface area contributed by atoms with Gasteiger partial charge in [-0.2, -0.15) is 0 Å². The molecule has 1 unspecified atom stereocenters. The maximum Gasteiger partial charge on any atom is 0.248 e. The molecule has 4 rings (SSSR count). The summed E-state index contributed by atoms with van der Waals surface area (Å²) in [6, 6.07) is 17.7. The fraction of sp³-hybridized carbons (Fsp3) is 0.160. The van der Waals surface area contributed by atoms with Gasteiger partial charge in [0.2, 0.25) is 11.8 Å². The second kappa shape index (κ2) is 10.1. The van der Waals surface area contributed by atoms with Gasteiger partial charge in [-0.3, -0.25) is 19.5 Å². The van der Waals surface area contributed by atoms with Crippen molar-refractivity contribution in [3.8, 4) is 0 Å². The third-order valence-electron chi connectivity index (χ3n) is 5.03. The Balaban J connectivity index is 1.71. The lowest BCUT2D eigenvalue weighted by atomic mass is 10.0. The van der Waals surface area contributed by atoms with Gasteiger partial charge in [0.25, 0.3) is 0 Å². The number of carbonyl (C=O) groups excluding carboxylic acids is 2. The molecular weight excluding hydrogens is 422 g/mol. The van der Waals surface area contributed by atoms with Crippen LogP contribution in [0.4, 0.5) is 5.69 Å². The van der Waals surface area contributed by atoms with E-state index >= 15 is 0 Å². The van der Waals surface area contributed by atoms with Crippen molar-refractivity contribution in [1.29, 1.82) is 0 Å². The highest BCUT2D eigenvalue weighted by molar-refractivity contribution is 7.10. The second-order valence-electron chi connectivity index (χ2n) is 7.34. The largest absolute Gasteiger partial charge is 0.467 e. The van der Waals surface area contributed by atoms with Crippen molar-refractivity contribution in [3.63, 3.8) is 0 Å². The maximum absolute atomic E-state index is 13.6. The van der Waals surface area contributed by atoms with Crippen molar-refractivity contribution in [2.45, 2.75) is 25.9 Å². The van der Waals surface area contributed by atoms with Crippen molar-refractivity contribution in [1.82, 2.24) is 10.3 Å². The van der Waals surface area contributed by atoms with E-state index < -0.39 is 6.04 Å². The number of amides is 2. The van der Waals surface area contributed by atoms with Crippen LogP contribution in [0.2, 0.25) is 0 Å². The van der Waals surface area contributed by atoms with Gasteiger partial charge >= 0.3 is 0 Å². The monoisotopic (exact) mass is 445 g/mol. The highest BCUT2D eigenvalue weighted by Gasteiger charge is 2.33. The number of rotatable bonds is 8. The van der Waals surface area contributed by atoms with Crippen molar-refractivity contribution in [2.24, 2.45) is 0 Å². The normalized spacial score (nSPS) is 11.7. The molecule has 1 atom stereocenters. The minimum absolute atomic E-state index is 0.161. The molecule has 3 heterocycles. The van der Waals surface area contributed by atoms with Gasteiger partial charge in [0.15, 0.2) is 0 Å². The number of nitrogens with zero attached hydrogens (tertiary/aromatic N) is 2. The number of thiophene rings is 1. The smallest absolute Gasteiger partial charge is 0.248 e. The van der Waals surface area contributed by atoms with E-state index in [0.29, 0.717) is 17.0 Å². The van der Waals surface area contributed by atoms with Crippen LogP contribution < -0.4 is 10.2 Å². The van der Waals surface area contributed by atoms with Gasteiger partial charge in [0.1, 0.15) is 11.8 Å². The number of hydrogen-bond donors (Lipinski definition) is 1. The van der Waals surface area contributed by atoms with Gasteiger partial charge in [-0.25, -0.2) is 0 Å². The molecule has 0 bridgehead atoms. The molecule has 0 spiro atoms. The number of carbonyl (C=O) groups is 2. The molecule has 6 nitrogen and oxygen atoms in total. The molecule has 0 aliphatic heterocycles. The number of nitrogens with one attached hydrogen (secondary N) is 1. The van der Waals surface area contributed by atoms with E-state index in [2.05, 4.69) is 10.3 Å². The number of benzene rings is 1. The summed E-state index contributed by atoms with van der Waals surface area (Å²) in [6.45, 7) is 2.21. The van der Waals surface area contributed by atoms with Crippen LogP contribution in [0.3, 0.4) is 0 Å². The SMILES string of the molecule is Cc1ccc(N(C(=O)Cc2cccs2)C(C(=O)NCc2ccco2)c2ccncc2)cc1. The predicted molar refractivity (Wildman–Crippen MR) is 124 cm³/mol. The van der Waals surface area contributed by atoms with Crippen molar-refractivity contribution < 1.29 is 14.0 Å². The summed E-state index contributed by atoms with van der Waals surface area (Å²) < 4.78 is 5.34. The highest BCUT2D eigenvalue weighted by Crippen LogP contribution is 2.29. The van der Waals surface area contributed by atoms with Gasteiger partial charge in [-0.1, -0.05) is 23.8 Å². The van der Waals surface area contributed by atoms with Gasteiger partial charge in [-0.15, -0.1) is 11.3 Å². The Morgan fingerprint density at radius 2 is 1.84 bits per heavy atom. The molecule has 3 aromatic heterocycles. The fourth-order valence-electron chi connectivity index (χ4n) is 3.44. The topological polar surface area (TPSA) is 75.4 Å². The number of pyridine rings is 1. The van der Waals surface area contributed by atoms with E-state index in [-0.39, 0.29) is 24.8 Å². The number of anilines is 1. The molecule has 0 saturated carbocycles. The van der Waals surface area contributed by atoms with E-state index in [0.717, 1.165) is 10.4 Å². The first-order chi connectivity index (χ1) is 15.6. The maximum atomic E-state index is 13.6. The van der Waals surface area contributed by atoms with Crippen LogP contribution in [0.1, 0.15) is 27.8 Å². The van der Waals surface area contributed by atoms with E-state index in [1.165, 1.54) is 11.3 Å². The molecule has 0 fully saturated rings. The number of aryl methyl sites for hydroxylation is 1. The van der Waals surface area contributed by atoms with E-state index in [1.807, 2.05) is 48.7 Å². The third-order valence-corrected chi connectivity index (χ3v) is 5.91. The fourth-order valence-corrected chi connectivity index (χ4v) is 4.13. The molecular formula is C25H23N3O3S. The molecule has 1 N–H and O–H groups in total. The Kier molecular flexibility index (Phi) is 6.77. The summed E-state index contributed by atoms with van der Waals surface area (Å²) in [5.41, 5.74) is 2.41. The van der Waals surface area contributed by atoms with Gasteiger partial charge < -0.3 is 9.73 Å². The van der Waals surface area contributed by atoms with E-state index in [9.17, 15) is 9.59 Å². The first-order valence-corrected chi connectivity index (χ1v) is 11.1. The van der Waals surface area contributed by atoms with Crippen molar-refractivity contribution >= 4 is 28.8 Å². The van der Waals surface area contributed by atoms with Gasteiger partial charge in [-0.05, 0) is 60.3 Å². The standard InChI is InChI=1S/C25H23N3O3S/c1-18-6-8-20(9-7-18)28(23(29)16-22-5-3-15-32-22)24(19-10-12-26-13-11-19)25(30)27-17-21-4-2-14-31-21/h2-15,24H,16-17H2,1H3,(H,27,30). The number of furan rings is 1. The first-order valence-electron chi connectivity index (χ1n) is 10.2. The Labute approximate surface area is 190 Å². The third kappa shape index (κ3) is 5.12. The van der Waals surface area contributed by atoms with Crippen molar-refractivity contribution in [3.05, 3.63) is 106 Å². The summed E-state index contributed by atoms with van der Waals surface area (Å²) in [6.07, 6.45) is 5.02. The number of aromatic nitrogens is 1. The summed E-state index contributed by atoms with van der Waals surface area (Å²) in [4.78, 5) is 33.6. The lowest BCUT2D eigenvalue weighted by Crippen LogP contribution is -2.44. The van der Waals surface area contributed by atoms with E-state index in [1.54, 1.807) is 47.8 Å². The minimum atomic E-state index is -0.858. The summed E-state index contributed by atoms with van der Waals surface area (Å²) in [5.74, 6) is 0.178. The summed E-state index contributed by atoms with van der Waals surface area (Å²) in [5, 5.41) is 4.85. The number of hydrogen-bond acceptors (Lipinski definition) is 5. The molecule has 4 aromatic rings. The molecule has 0 aliphatic rings. The van der Waals surface area contributed by atoms with Crippen LogP contribution in [0.5, 0.6) is 0 Å². The average molecular weight is 446 g/mol.